The number of carbonyl (C=O) groups is 1. The van der Waals surface area contributed by atoms with E-state index < -0.39 is 0 Å². The Bertz CT molecular complexity index is 1240. The zero-order valence-electron chi connectivity index (χ0n) is 18.4. The molecule has 0 saturated carbocycles. The van der Waals surface area contributed by atoms with E-state index in [1.807, 2.05) is 53.6 Å². The fourth-order valence-electron chi connectivity index (χ4n) is 3.99. The first-order valence-electron chi connectivity index (χ1n) is 11.1. The number of para-hydroxylation sites is 1. The van der Waals surface area contributed by atoms with Crippen LogP contribution in [-0.2, 0) is 11.4 Å². The molecule has 1 saturated heterocycles. The van der Waals surface area contributed by atoms with Crippen molar-refractivity contribution >= 4 is 44.9 Å². The highest BCUT2D eigenvalue weighted by molar-refractivity contribution is 7.18. The van der Waals surface area contributed by atoms with Crippen molar-refractivity contribution in [1.82, 2.24) is 14.9 Å². The van der Waals surface area contributed by atoms with Gasteiger partial charge in [-0.05, 0) is 55.7 Å². The zero-order valence-corrected chi connectivity index (χ0v) is 20.1. The molecule has 7 heteroatoms. The van der Waals surface area contributed by atoms with Gasteiger partial charge in [-0.1, -0.05) is 24.3 Å². The smallest absolute Gasteiger partial charge is 0.246 e. The van der Waals surface area contributed by atoms with Crippen molar-refractivity contribution in [3.05, 3.63) is 81.3 Å². The lowest BCUT2D eigenvalue weighted by molar-refractivity contribution is -0.126. The molecule has 0 N–H and O–H groups in total. The van der Waals surface area contributed by atoms with Crippen LogP contribution in [0.4, 0.5) is 0 Å². The molecule has 33 heavy (non-hydrogen) atoms. The molecule has 1 aliphatic heterocycles. The van der Waals surface area contributed by atoms with Gasteiger partial charge in [0.2, 0.25) is 5.91 Å². The number of amides is 1. The molecule has 2 aromatic heterocycles. The molecule has 168 valence electrons. The van der Waals surface area contributed by atoms with Crippen LogP contribution in [0.15, 0.2) is 60.0 Å². The van der Waals surface area contributed by atoms with Crippen molar-refractivity contribution in [2.45, 2.75) is 32.3 Å². The summed E-state index contributed by atoms with van der Waals surface area (Å²) in [5.74, 6) is 1.30. The van der Waals surface area contributed by atoms with E-state index in [4.69, 9.17) is 9.72 Å². The number of rotatable bonds is 6. The summed E-state index contributed by atoms with van der Waals surface area (Å²) >= 11 is 3.41. The van der Waals surface area contributed by atoms with E-state index in [0.717, 1.165) is 53.5 Å². The zero-order chi connectivity index (χ0) is 22.6. The van der Waals surface area contributed by atoms with Crippen LogP contribution in [0.3, 0.4) is 0 Å². The highest BCUT2D eigenvalue weighted by Gasteiger charge is 2.25. The molecule has 0 aliphatic carbocycles. The minimum absolute atomic E-state index is 0.0666. The van der Waals surface area contributed by atoms with Crippen LogP contribution < -0.4 is 4.74 Å². The van der Waals surface area contributed by atoms with Gasteiger partial charge in [0.25, 0.3) is 0 Å². The average Bonchev–Trinajstić information content (AvgIpc) is 3.48. The second kappa shape index (κ2) is 9.85. The highest BCUT2D eigenvalue weighted by Crippen LogP contribution is 2.33. The summed E-state index contributed by atoms with van der Waals surface area (Å²) < 4.78 is 7.03. The van der Waals surface area contributed by atoms with Crippen LogP contribution in [0.2, 0.25) is 0 Å². The molecule has 1 amide bonds. The van der Waals surface area contributed by atoms with Crippen LogP contribution in [0, 0.1) is 6.92 Å². The van der Waals surface area contributed by atoms with E-state index in [2.05, 4.69) is 23.2 Å². The van der Waals surface area contributed by atoms with E-state index >= 15 is 0 Å². The number of carbonyl (C=O) groups excluding carboxylic acids is 1. The topological polar surface area (TPSA) is 55.3 Å². The van der Waals surface area contributed by atoms with Crippen LogP contribution in [0.1, 0.15) is 40.0 Å². The second-order valence-electron chi connectivity index (χ2n) is 8.17. The first kappa shape index (κ1) is 21.8. The Morgan fingerprint density at radius 1 is 1.12 bits per heavy atom. The molecule has 4 aromatic rings. The van der Waals surface area contributed by atoms with E-state index in [-0.39, 0.29) is 5.91 Å². The van der Waals surface area contributed by atoms with Gasteiger partial charge >= 0.3 is 0 Å². The fourth-order valence-corrected chi connectivity index (χ4v) is 5.73. The number of likely N-dealkylation sites (tertiary alicyclic amines) is 1. The minimum atomic E-state index is 0.0666. The van der Waals surface area contributed by atoms with E-state index in [9.17, 15) is 4.79 Å². The Morgan fingerprint density at radius 3 is 2.64 bits per heavy atom. The van der Waals surface area contributed by atoms with Crippen molar-refractivity contribution in [2.24, 2.45) is 0 Å². The number of aryl methyl sites for hydroxylation is 1. The molecule has 0 unspecified atom stereocenters. The standard InChI is InChI=1S/C26H25N3O2S2/c1-18-27-21(17-32-18)16-31-22-9-6-19(7-10-22)8-11-25(30)29-14-12-20(13-15-29)26-28-23-4-2-3-5-24(23)33-26/h2-11,17,20H,12-16H2,1H3/b11-8+. The first-order chi connectivity index (χ1) is 16.1. The molecule has 3 heterocycles. The monoisotopic (exact) mass is 475 g/mol. The van der Waals surface area contributed by atoms with Gasteiger partial charge in [-0.2, -0.15) is 0 Å². The number of ether oxygens (including phenoxy) is 1. The maximum Gasteiger partial charge on any atom is 0.246 e. The number of nitrogens with zero attached hydrogens (tertiary/aromatic N) is 3. The van der Waals surface area contributed by atoms with Gasteiger partial charge in [0, 0.05) is 30.5 Å². The maximum atomic E-state index is 12.7. The molecule has 2 aromatic carbocycles. The van der Waals surface area contributed by atoms with Crippen molar-refractivity contribution in [3.63, 3.8) is 0 Å². The highest BCUT2D eigenvalue weighted by atomic mass is 32.1. The summed E-state index contributed by atoms with van der Waals surface area (Å²) in [6.07, 6.45) is 5.47. The number of benzene rings is 2. The van der Waals surface area contributed by atoms with Gasteiger partial charge in [-0.3, -0.25) is 4.79 Å². The number of thiazole rings is 2. The van der Waals surface area contributed by atoms with Crippen LogP contribution in [-0.4, -0.2) is 33.9 Å². The summed E-state index contributed by atoms with van der Waals surface area (Å²) in [5, 5.41) is 4.26. The molecular weight excluding hydrogens is 450 g/mol. The Balaban J connectivity index is 1.12. The van der Waals surface area contributed by atoms with Crippen molar-refractivity contribution in [2.75, 3.05) is 13.1 Å². The lowest BCUT2D eigenvalue weighted by atomic mass is 9.97. The third kappa shape index (κ3) is 5.31. The molecular formula is C26H25N3O2S2. The normalized spacial score (nSPS) is 14.9. The molecule has 5 rings (SSSR count). The predicted molar refractivity (Wildman–Crippen MR) is 135 cm³/mol. The third-order valence-electron chi connectivity index (χ3n) is 5.82. The second-order valence-corrected chi connectivity index (χ2v) is 10.3. The van der Waals surface area contributed by atoms with Crippen molar-refractivity contribution in [1.29, 1.82) is 0 Å². The summed E-state index contributed by atoms with van der Waals surface area (Å²) in [7, 11) is 0. The lowest BCUT2D eigenvalue weighted by Gasteiger charge is -2.30. The summed E-state index contributed by atoms with van der Waals surface area (Å²) in [4.78, 5) is 23.8. The van der Waals surface area contributed by atoms with E-state index in [0.29, 0.717) is 12.5 Å². The van der Waals surface area contributed by atoms with Crippen LogP contribution in [0.25, 0.3) is 16.3 Å². The Morgan fingerprint density at radius 2 is 1.91 bits per heavy atom. The minimum Gasteiger partial charge on any atom is -0.487 e. The first-order valence-corrected chi connectivity index (χ1v) is 12.8. The molecule has 0 bridgehead atoms. The number of piperidine rings is 1. The summed E-state index contributed by atoms with van der Waals surface area (Å²) in [6.45, 7) is 3.99. The van der Waals surface area contributed by atoms with Crippen molar-refractivity contribution in [3.8, 4) is 5.75 Å². The molecule has 0 atom stereocenters. The quantitative estimate of drug-likeness (QED) is 0.318. The average molecular weight is 476 g/mol. The van der Waals surface area contributed by atoms with Crippen molar-refractivity contribution < 1.29 is 9.53 Å². The molecule has 5 nitrogen and oxygen atoms in total. The van der Waals surface area contributed by atoms with E-state index in [1.165, 1.54) is 9.71 Å². The fraction of sp³-hybridized carbons (Fsp3) is 0.269. The van der Waals surface area contributed by atoms with Gasteiger partial charge < -0.3 is 9.64 Å². The Kier molecular flexibility index (Phi) is 6.51. The van der Waals surface area contributed by atoms with Crippen LogP contribution >= 0.6 is 22.7 Å². The predicted octanol–water partition coefficient (Wildman–Crippen LogP) is 6.06. The number of fused-ring (bicyclic) bond motifs is 1. The third-order valence-corrected chi connectivity index (χ3v) is 7.84. The Hall–Kier alpha value is -3.03. The Labute approximate surface area is 201 Å². The number of aromatic nitrogens is 2. The molecule has 1 fully saturated rings. The molecule has 1 aliphatic rings. The van der Waals surface area contributed by atoms with Gasteiger partial charge in [0.05, 0.1) is 25.9 Å². The number of hydrogen-bond donors (Lipinski definition) is 0. The summed E-state index contributed by atoms with van der Waals surface area (Å²) in [5.41, 5.74) is 3.00. The molecule has 0 radical (unpaired) electrons. The van der Waals surface area contributed by atoms with Crippen LogP contribution in [0.5, 0.6) is 5.75 Å². The lowest BCUT2D eigenvalue weighted by Crippen LogP contribution is -2.36. The number of hydrogen-bond acceptors (Lipinski definition) is 6. The largest absolute Gasteiger partial charge is 0.487 e. The molecule has 0 spiro atoms. The van der Waals surface area contributed by atoms with Gasteiger partial charge in [0.1, 0.15) is 12.4 Å². The SMILES string of the molecule is Cc1nc(COc2ccc(/C=C/C(=O)N3CCC(c4nc5ccccc5s4)CC3)cc2)cs1. The van der Waals surface area contributed by atoms with Gasteiger partial charge in [0.15, 0.2) is 0 Å². The summed E-state index contributed by atoms with van der Waals surface area (Å²) in [6, 6.07) is 16.1. The van der Waals surface area contributed by atoms with E-state index in [1.54, 1.807) is 28.7 Å². The maximum absolute atomic E-state index is 12.7. The van der Waals surface area contributed by atoms with Gasteiger partial charge in [-0.25, -0.2) is 9.97 Å². The van der Waals surface area contributed by atoms with Gasteiger partial charge in [-0.15, -0.1) is 22.7 Å².